The molecule has 0 bridgehead atoms. The second kappa shape index (κ2) is 9.28. The standard InChI is InChI=1S/C35H27N/c1-24-10-14-26(15-11-24)31-21-32(27-16-12-25(2)13-17-27)23-33(22-31)29-7-5-8-30(20-29)35-34-9-4-3-6-28(34)18-19-36-35/h3-23H,1-2H3. The molecule has 1 nitrogen and oxygen atoms in total. The van der Waals surface area contributed by atoms with Crippen LogP contribution in [0.4, 0.5) is 0 Å². The van der Waals surface area contributed by atoms with Crippen molar-refractivity contribution in [2.75, 3.05) is 0 Å². The smallest absolute Gasteiger partial charge is 0.0780 e. The van der Waals surface area contributed by atoms with Crippen LogP contribution in [0.2, 0.25) is 0 Å². The molecule has 0 N–H and O–H groups in total. The van der Waals surface area contributed by atoms with Crippen LogP contribution in [0.15, 0.2) is 128 Å². The molecule has 0 atom stereocenters. The number of hydrogen-bond acceptors (Lipinski definition) is 1. The summed E-state index contributed by atoms with van der Waals surface area (Å²) in [5.74, 6) is 0. The van der Waals surface area contributed by atoms with Gasteiger partial charge in [0.2, 0.25) is 0 Å². The molecule has 6 rings (SSSR count). The van der Waals surface area contributed by atoms with Crippen molar-refractivity contribution in [1.82, 2.24) is 4.98 Å². The van der Waals surface area contributed by atoms with Gasteiger partial charge in [0.05, 0.1) is 5.69 Å². The van der Waals surface area contributed by atoms with Crippen LogP contribution in [0.25, 0.3) is 55.4 Å². The van der Waals surface area contributed by atoms with Crippen molar-refractivity contribution in [1.29, 1.82) is 0 Å². The summed E-state index contributed by atoms with van der Waals surface area (Å²) < 4.78 is 0. The molecular formula is C35H27N. The van der Waals surface area contributed by atoms with Gasteiger partial charge in [-0.05, 0) is 82.9 Å². The van der Waals surface area contributed by atoms with Crippen LogP contribution in [0.3, 0.4) is 0 Å². The van der Waals surface area contributed by atoms with Gasteiger partial charge in [-0.3, -0.25) is 4.98 Å². The van der Waals surface area contributed by atoms with Crippen molar-refractivity contribution in [3.63, 3.8) is 0 Å². The molecule has 0 aliphatic heterocycles. The summed E-state index contributed by atoms with van der Waals surface area (Å²) >= 11 is 0. The largest absolute Gasteiger partial charge is 0.256 e. The third-order valence-electron chi connectivity index (χ3n) is 6.85. The Balaban J connectivity index is 1.51. The van der Waals surface area contributed by atoms with E-state index in [9.17, 15) is 0 Å². The number of aryl methyl sites for hydroxylation is 2. The number of nitrogens with zero attached hydrogens (tertiary/aromatic N) is 1. The van der Waals surface area contributed by atoms with Gasteiger partial charge in [-0.15, -0.1) is 0 Å². The quantitative estimate of drug-likeness (QED) is 0.255. The molecule has 172 valence electrons. The normalized spacial score (nSPS) is 11.1. The first-order valence-corrected chi connectivity index (χ1v) is 12.4. The summed E-state index contributed by atoms with van der Waals surface area (Å²) in [5.41, 5.74) is 12.0. The Morgan fingerprint density at radius 1 is 0.417 bits per heavy atom. The number of rotatable bonds is 4. The summed E-state index contributed by atoms with van der Waals surface area (Å²) in [6.07, 6.45) is 1.90. The highest BCUT2D eigenvalue weighted by molar-refractivity contribution is 5.95. The molecular weight excluding hydrogens is 434 g/mol. The van der Waals surface area contributed by atoms with Gasteiger partial charge >= 0.3 is 0 Å². The highest BCUT2D eigenvalue weighted by Gasteiger charge is 2.10. The number of benzene rings is 5. The van der Waals surface area contributed by atoms with Crippen LogP contribution in [-0.2, 0) is 0 Å². The molecule has 0 saturated heterocycles. The van der Waals surface area contributed by atoms with E-state index in [1.165, 1.54) is 55.3 Å². The van der Waals surface area contributed by atoms with Crippen molar-refractivity contribution in [2.45, 2.75) is 13.8 Å². The first-order valence-electron chi connectivity index (χ1n) is 12.4. The molecule has 0 aliphatic rings. The fraction of sp³-hybridized carbons (Fsp3) is 0.0571. The molecule has 5 aromatic carbocycles. The first-order chi connectivity index (χ1) is 17.6. The molecule has 0 radical (unpaired) electrons. The van der Waals surface area contributed by atoms with Gasteiger partial charge in [0.15, 0.2) is 0 Å². The van der Waals surface area contributed by atoms with Gasteiger partial charge in [0.25, 0.3) is 0 Å². The number of hydrogen-bond donors (Lipinski definition) is 0. The van der Waals surface area contributed by atoms with Crippen LogP contribution in [-0.4, -0.2) is 4.98 Å². The van der Waals surface area contributed by atoms with Crippen molar-refractivity contribution >= 4 is 10.8 Å². The Kier molecular flexibility index (Phi) is 5.67. The minimum atomic E-state index is 1.02. The molecule has 0 fully saturated rings. The summed E-state index contributed by atoms with van der Waals surface area (Å²) in [5, 5.41) is 2.38. The third-order valence-corrected chi connectivity index (χ3v) is 6.85. The van der Waals surface area contributed by atoms with E-state index in [0.29, 0.717) is 0 Å². The predicted molar refractivity (Wildman–Crippen MR) is 153 cm³/mol. The predicted octanol–water partition coefficient (Wildman–Crippen LogP) is 9.52. The monoisotopic (exact) mass is 461 g/mol. The number of aromatic nitrogens is 1. The summed E-state index contributed by atoms with van der Waals surface area (Å²) in [6, 6.07) is 43.8. The Hall–Kier alpha value is -4.49. The van der Waals surface area contributed by atoms with Crippen LogP contribution in [0.1, 0.15) is 11.1 Å². The third kappa shape index (κ3) is 4.32. The molecule has 1 aromatic heterocycles. The lowest BCUT2D eigenvalue weighted by Crippen LogP contribution is -1.89. The van der Waals surface area contributed by atoms with Gasteiger partial charge in [0, 0.05) is 17.1 Å². The Morgan fingerprint density at radius 3 is 1.58 bits per heavy atom. The van der Waals surface area contributed by atoms with E-state index < -0.39 is 0 Å². The van der Waals surface area contributed by atoms with Gasteiger partial charge < -0.3 is 0 Å². The number of fused-ring (bicyclic) bond motifs is 1. The molecule has 0 saturated carbocycles. The molecule has 6 aromatic rings. The molecule has 0 unspecified atom stereocenters. The molecule has 1 heteroatoms. The van der Waals surface area contributed by atoms with Crippen molar-refractivity contribution in [3.8, 4) is 44.6 Å². The highest BCUT2D eigenvalue weighted by atomic mass is 14.7. The van der Waals surface area contributed by atoms with Crippen LogP contribution >= 0.6 is 0 Å². The van der Waals surface area contributed by atoms with E-state index >= 15 is 0 Å². The van der Waals surface area contributed by atoms with Crippen molar-refractivity contribution in [3.05, 3.63) is 139 Å². The number of pyridine rings is 1. The second-order valence-corrected chi connectivity index (χ2v) is 9.49. The van der Waals surface area contributed by atoms with Crippen molar-refractivity contribution in [2.24, 2.45) is 0 Å². The van der Waals surface area contributed by atoms with E-state index in [2.05, 4.69) is 135 Å². The summed E-state index contributed by atoms with van der Waals surface area (Å²) in [7, 11) is 0. The topological polar surface area (TPSA) is 12.9 Å². The lowest BCUT2D eigenvalue weighted by molar-refractivity contribution is 1.36. The van der Waals surface area contributed by atoms with E-state index in [0.717, 1.165) is 11.3 Å². The summed E-state index contributed by atoms with van der Waals surface area (Å²) in [4.78, 5) is 4.76. The van der Waals surface area contributed by atoms with Gasteiger partial charge in [-0.1, -0.05) is 102 Å². The van der Waals surface area contributed by atoms with Crippen LogP contribution in [0.5, 0.6) is 0 Å². The molecule has 0 spiro atoms. The minimum Gasteiger partial charge on any atom is -0.256 e. The average Bonchev–Trinajstić information content (AvgIpc) is 2.93. The van der Waals surface area contributed by atoms with Crippen LogP contribution < -0.4 is 0 Å². The zero-order chi connectivity index (χ0) is 24.5. The van der Waals surface area contributed by atoms with E-state index in [-0.39, 0.29) is 0 Å². The minimum absolute atomic E-state index is 1.02. The maximum Gasteiger partial charge on any atom is 0.0780 e. The second-order valence-electron chi connectivity index (χ2n) is 9.49. The lowest BCUT2D eigenvalue weighted by Gasteiger charge is -2.13. The zero-order valence-electron chi connectivity index (χ0n) is 20.6. The maximum atomic E-state index is 4.76. The Bertz CT molecular complexity index is 1610. The van der Waals surface area contributed by atoms with Gasteiger partial charge in [-0.25, -0.2) is 0 Å². The molecule has 1 heterocycles. The lowest BCUT2D eigenvalue weighted by atomic mass is 9.92. The average molecular weight is 462 g/mol. The molecule has 0 amide bonds. The van der Waals surface area contributed by atoms with Gasteiger partial charge in [-0.2, -0.15) is 0 Å². The van der Waals surface area contributed by atoms with E-state index in [1.54, 1.807) is 0 Å². The molecule has 0 aliphatic carbocycles. The maximum absolute atomic E-state index is 4.76. The Morgan fingerprint density at radius 2 is 0.944 bits per heavy atom. The fourth-order valence-corrected chi connectivity index (χ4v) is 4.82. The highest BCUT2D eigenvalue weighted by Crippen LogP contribution is 2.35. The first kappa shape index (κ1) is 22.0. The molecule has 36 heavy (non-hydrogen) atoms. The van der Waals surface area contributed by atoms with Crippen molar-refractivity contribution < 1.29 is 0 Å². The van der Waals surface area contributed by atoms with E-state index in [4.69, 9.17) is 4.98 Å². The Labute approximate surface area is 212 Å². The SMILES string of the molecule is Cc1ccc(-c2cc(-c3ccc(C)cc3)cc(-c3cccc(-c4nccc5ccccc45)c3)c2)cc1. The van der Waals surface area contributed by atoms with Gasteiger partial charge in [0.1, 0.15) is 0 Å². The van der Waals surface area contributed by atoms with E-state index in [1.807, 2.05) is 6.20 Å². The summed E-state index contributed by atoms with van der Waals surface area (Å²) in [6.45, 7) is 4.26. The fourth-order valence-electron chi connectivity index (χ4n) is 4.82. The zero-order valence-corrected chi connectivity index (χ0v) is 20.6. The van der Waals surface area contributed by atoms with Crippen LogP contribution in [0, 0.1) is 13.8 Å².